The molecule has 0 aliphatic rings. The van der Waals surface area contributed by atoms with E-state index in [9.17, 15) is 18.6 Å². The number of fused-ring (bicyclic) bond motifs is 1. The van der Waals surface area contributed by atoms with Crippen LogP contribution >= 0.6 is 0 Å². The van der Waals surface area contributed by atoms with Gasteiger partial charge in [-0.05, 0) is 18.2 Å². The average Bonchev–Trinajstić information content (AvgIpc) is 3.27. The van der Waals surface area contributed by atoms with E-state index in [4.69, 9.17) is 14.1 Å². The maximum Gasteiger partial charge on any atom is 0.382 e. The van der Waals surface area contributed by atoms with Crippen LogP contribution in [0.4, 0.5) is 0 Å². The Hall–Kier alpha value is -3.84. The van der Waals surface area contributed by atoms with E-state index < -0.39 is 16.3 Å². The van der Waals surface area contributed by atoms with Gasteiger partial charge in [-0.1, -0.05) is 11.2 Å². The number of nitrogens with one attached hydrogen (secondary N) is 1. The molecule has 0 unspecified atom stereocenters. The van der Waals surface area contributed by atoms with Gasteiger partial charge in [-0.3, -0.25) is 0 Å². The fraction of sp³-hybridized carbons (Fsp3) is 0.0625. The molecule has 0 saturated carbocycles. The lowest BCUT2D eigenvalue weighted by Gasteiger charge is -2.12. The Morgan fingerprint density at radius 3 is 2.69 bits per heavy atom. The molecule has 0 radical (unpaired) electrons. The number of phenols is 2. The van der Waals surface area contributed by atoms with Crippen LogP contribution < -0.4 is 14.1 Å². The molecule has 2 aromatic heterocycles. The maximum absolute atomic E-state index is 11.5. The van der Waals surface area contributed by atoms with Crippen molar-refractivity contribution in [1.29, 1.82) is 0 Å². The van der Waals surface area contributed by atoms with Gasteiger partial charge in [0.05, 0.1) is 30.2 Å². The van der Waals surface area contributed by atoms with Gasteiger partial charge in [0, 0.05) is 6.07 Å². The van der Waals surface area contributed by atoms with Crippen molar-refractivity contribution in [1.82, 2.24) is 24.7 Å². The molecule has 29 heavy (non-hydrogen) atoms. The van der Waals surface area contributed by atoms with Gasteiger partial charge >= 0.3 is 16.3 Å². The highest BCUT2D eigenvalue weighted by molar-refractivity contribution is 7.84. The molecule has 0 fully saturated rings. The van der Waals surface area contributed by atoms with E-state index in [0.29, 0.717) is 16.7 Å². The Balaban J connectivity index is 2.03. The van der Waals surface area contributed by atoms with Crippen LogP contribution in [0.1, 0.15) is 0 Å². The first-order valence-electron chi connectivity index (χ1n) is 7.99. The molecule has 4 aromatic rings. The zero-order valence-electron chi connectivity index (χ0n) is 14.8. The molecule has 2 heterocycles. The molecule has 0 bridgehead atoms. The lowest BCUT2D eigenvalue weighted by molar-refractivity contribution is 0.370. The number of aromatic amines is 1. The lowest BCUT2D eigenvalue weighted by atomic mass is 10.1. The Morgan fingerprint density at radius 2 is 1.97 bits per heavy atom. The van der Waals surface area contributed by atoms with Crippen molar-refractivity contribution >= 4 is 21.3 Å². The van der Waals surface area contributed by atoms with Gasteiger partial charge in [0.25, 0.3) is 0 Å². The third kappa shape index (κ3) is 3.28. The minimum atomic E-state index is -4.42. The maximum atomic E-state index is 11.5. The number of benzene rings is 2. The molecule has 5 N–H and O–H groups in total. The number of aromatic hydroxyl groups is 2. The number of H-pyrrole nitrogens is 1. The quantitative estimate of drug-likeness (QED) is 0.365. The fourth-order valence-electron chi connectivity index (χ4n) is 2.85. The van der Waals surface area contributed by atoms with Crippen LogP contribution in [0.5, 0.6) is 23.3 Å². The predicted octanol–water partition coefficient (Wildman–Crippen LogP) is 0.813. The highest BCUT2D eigenvalue weighted by Gasteiger charge is 2.25. The first kappa shape index (κ1) is 18.5. The van der Waals surface area contributed by atoms with Crippen LogP contribution in [0.25, 0.3) is 28.1 Å². The molecular weight excluding hydrogens is 404 g/mol. The summed E-state index contributed by atoms with van der Waals surface area (Å²) in [5.74, 6) is -0.599. The predicted molar refractivity (Wildman–Crippen MR) is 100 cm³/mol. The van der Waals surface area contributed by atoms with Crippen LogP contribution in [0.2, 0.25) is 0 Å². The smallest absolute Gasteiger partial charge is 0.382 e. The number of nitrogens with zero attached hydrogens (tertiary/aromatic N) is 4. The molecule has 0 saturated heterocycles. The van der Waals surface area contributed by atoms with Crippen LogP contribution in [0, 0.1) is 0 Å². The average molecular weight is 418 g/mol. The second-order valence-corrected chi connectivity index (χ2v) is 6.99. The molecule has 0 spiro atoms. The largest absolute Gasteiger partial charge is 0.507 e. The van der Waals surface area contributed by atoms with Crippen molar-refractivity contribution in [2.75, 3.05) is 7.11 Å². The summed E-state index contributed by atoms with van der Waals surface area (Å²) in [6.45, 7) is 0. The number of rotatable bonds is 5. The van der Waals surface area contributed by atoms with Gasteiger partial charge in [-0.2, -0.15) is 13.6 Å². The van der Waals surface area contributed by atoms with Crippen molar-refractivity contribution in [2.45, 2.75) is 0 Å². The van der Waals surface area contributed by atoms with Crippen molar-refractivity contribution in [2.24, 2.45) is 5.14 Å². The third-order valence-electron chi connectivity index (χ3n) is 4.03. The number of imidazole rings is 1. The van der Waals surface area contributed by atoms with Gasteiger partial charge in [-0.25, -0.2) is 9.55 Å². The molecular formula is C16H14N6O6S. The first-order valence-corrected chi connectivity index (χ1v) is 9.46. The van der Waals surface area contributed by atoms with E-state index in [2.05, 4.69) is 20.2 Å². The summed E-state index contributed by atoms with van der Waals surface area (Å²) < 4.78 is 34.1. The number of phenolic OH excluding ortho intramolecular Hbond substituents is 2. The zero-order valence-corrected chi connectivity index (χ0v) is 15.6. The van der Waals surface area contributed by atoms with Gasteiger partial charge in [0.15, 0.2) is 17.3 Å². The van der Waals surface area contributed by atoms with Crippen LogP contribution in [0.3, 0.4) is 0 Å². The monoisotopic (exact) mass is 418 g/mol. The molecule has 13 heteroatoms. The molecule has 4 rings (SSSR count). The number of ether oxygens (including phenoxy) is 1. The summed E-state index contributed by atoms with van der Waals surface area (Å²) in [5.41, 5.74) is 1.55. The Morgan fingerprint density at radius 1 is 1.17 bits per heavy atom. The summed E-state index contributed by atoms with van der Waals surface area (Å²) in [6.07, 6.45) is 1.46. The SMILES string of the molecule is COc1cc(-c2nnc(OS(N)(=O)=O)n2-c2cccc3[nH]cnc23)c(O)cc1O. The molecule has 0 atom stereocenters. The van der Waals surface area contributed by atoms with Crippen molar-refractivity contribution in [3.63, 3.8) is 0 Å². The summed E-state index contributed by atoms with van der Waals surface area (Å²) in [5, 5.41) is 32.9. The van der Waals surface area contributed by atoms with Gasteiger partial charge in [0.2, 0.25) is 0 Å². The topological polar surface area (TPSA) is 178 Å². The summed E-state index contributed by atoms with van der Waals surface area (Å²) >= 11 is 0. The highest BCUT2D eigenvalue weighted by Crippen LogP contribution is 2.40. The molecule has 2 aromatic carbocycles. The number of methoxy groups -OCH3 is 1. The highest BCUT2D eigenvalue weighted by atomic mass is 32.2. The molecule has 0 amide bonds. The molecule has 12 nitrogen and oxygen atoms in total. The Labute approximate surface area is 163 Å². The van der Waals surface area contributed by atoms with Crippen LogP contribution in [-0.2, 0) is 10.3 Å². The Kier molecular flexibility index (Phi) is 4.24. The molecule has 150 valence electrons. The fourth-order valence-corrected chi connectivity index (χ4v) is 3.17. The van der Waals surface area contributed by atoms with Gasteiger partial charge in [0.1, 0.15) is 11.3 Å². The standard InChI is InChI=1S/C16H14N6O6S/c1-27-13-5-8(11(23)6-12(13)24)15-20-21-16(28-29(17,25)26)22(15)10-4-2-3-9-14(10)19-7-18-9/h2-7,23-24H,1H3,(H,18,19)(H2,17,25,26). The Bertz CT molecular complexity index is 1330. The lowest BCUT2D eigenvalue weighted by Crippen LogP contribution is -2.21. The zero-order chi connectivity index (χ0) is 20.8. The van der Waals surface area contributed by atoms with Gasteiger partial charge in [-0.15, -0.1) is 5.10 Å². The normalized spacial score (nSPS) is 11.7. The van der Waals surface area contributed by atoms with Crippen molar-refractivity contribution in [3.05, 3.63) is 36.7 Å². The summed E-state index contributed by atoms with van der Waals surface area (Å²) in [7, 11) is -3.09. The van der Waals surface area contributed by atoms with Crippen molar-refractivity contribution < 1.29 is 27.6 Å². The number of hydrogen-bond donors (Lipinski definition) is 4. The second kappa shape index (κ2) is 6.65. The van der Waals surface area contributed by atoms with E-state index in [1.807, 2.05) is 0 Å². The van der Waals surface area contributed by atoms with Crippen molar-refractivity contribution in [3.8, 4) is 40.3 Å². The summed E-state index contributed by atoms with van der Waals surface area (Å²) in [6, 6.07) is 6.98. The second-order valence-electron chi connectivity index (χ2n) is 5.83. The van der Waals surface area contributed by atoms with E-state index in [-0.39, 0.29) is 28.6 Å². The van der Waals surface area contributed by atoms with E-state index in [0.717, 1.165) is 6.07 Å². The minimum Gasteiger partial charge on any atom is -0.507 e. The van der Waals surface area contributed by atoms with Gasteiger partial charge < -0.3 is 24.1 Å². The van der Waals surface area contributed by atoms with E-state index >= 15 is 0 Å². The number of hydrogen-bond acceptors (Lipinski definition) is 9. The van der Waals surface area contributed by atoms with E-state index in [1.165, 1.54) is 24.1 Å². The number of para-hydroxylation sites is 1. The number of aromatic nitrogens is 5. The van der Waals surface area contributed by atoms with Crippen LogP contribution in [0.15, 0.2) is 36.7 Å². The van der Waals surface area contributed by atoms with Crippen LogP contribution in [-0.4, -0.2) is 50.5 Å². The first-order chi connectivity index (χ1) is 13.8. The molecule has 0 aliphatic carbocycles. The third-order valence-corrected chi connectivity index (χ3v) is 4.41. The molecule has 0 aliphatic heterocycles. The summed E-state index contributed by atoms with van der Waals surface area (Å²) in [4.78, 5) is 7.16. The van der Waals surface area contributed by atoms with E-state index in [1.54, 1.807) is 18.2 Å². The number of nitrogens with two attached hydrogens (primary N) is 1. The minimum absolute atomic E-state index is 0.00468.